The van der Waals surface area contributed by atoms with Gasteiger partial charge in [0.25, 0.3) is 0 Å². The monoisotopic (exact) mass is 222 g/mol. The minimum atomic E-state index is -0.293. The van der Waals surface area contributed by atoms with Crippen molar-refractivity contribution >= 4 is 0 Å². The van der Waals surface area contributed by atoms with Crippen LogP contribution in [0.15, 0.2) is 18.2 Å². The van der Waals surface area contributed by atoms with Gasteiger partial charge < -0.3 is 14.9 Å². The third-order valence-corrected chi connectivity index (χ3v) is 2.98. The second-order valence-corrected chi connectivity index (χ2v) is 4.19. The third-order valence-electron chi connectivity index (χ3n) is 2.98. The zero-order valence-corrected chi connectivity index (χ0v) is 9.35. The molecule has 1 aliphatic carbocycles. The highest BCUT2D eigenvalue weighted by atomic mass is 16.5. The smallest absolute Gasteiger partial charge is 0.119 e. The highest BCUT2D eigenvalue weighted by Crippen LogP contribution is 2.33. The van der Waals surface area contributed by atoms with Crippen LogP contribution >= 0.6 is 0 Å². The molecule has 3 nitrogen and oxygen atoms in total. The van der Waals surface area contributed by atoms with Gasteiger partial charge in [-0.15, -0.1) is 0 Å². The summed E-state index contributed by atoms with van der Waals surface area (Å²) in [6.07, 6.45) is 3.12. The Hall–Kier alpha value is -1.06. The van der Waals surface area contributed by atoms with Crippen LogP contribution in [-0.4, -0.2) is 23.4 Å². The summed E-state index contributed by atoms with van der Waals surface area (Å²) in [5, 5.41) is 18.3. The number of benzene rings is 1. The second-order valence-electron chi connectivity index (χ2n) is 4.19. The molecule has 0 radical (unpaired) electrons. The molecule has 1 unspecified atom stereocenters. The Kier molecular flexibility index (Phi) is 3.80. The van der Waals surface area contributed by atoms with Gasteiger partial charge in [-0.25, -0.2) is 0 Å². The van der Waals surface area contributed by atoms with Crippen LogP contribution in [0.4, 0.5) is 0 Å². The average molecular weight is 222 g/mol. The van der Waals surface area contributed by atoms with Gasteiger partial charge in [0.1, 0.15) is 5.75 Å². The summed E-state index contributed by atoms with van der Waals surface area (Å²) in [4.78, 5) is 0. The molecule has 88 valence electrons. The number of ether oxygens (including phenoxy) is 1. The molecule has 0 saturated carbocycles. The first kappa shape index (κ1) is 11.4. The molecule has 0 fully saturated rings. The minimum Gasteiger partial charge on any atom is -0.494 e. The molecule has 1 atom stereocenters. The predicted molar refractivity (Wildman–Crippen MR) is 61.5 cm³/mol. The molecule has 2 rings (SSSR count). The van der Waals surface area contributed by atoms with E-state index in [1.165, 1.54) is 5.56 Å². The van der Waals surface area contributed by atoms with E-state index in [9.17, 15) is 5.11 Å². The summed E-state index contributed by atoms with van der Waals surface area (Å²) in [7, 11) is 0. The molecule has 0 aromatic heterocycles. The molecule has 0 amide bonds. The van der Waals surface area contributed by atoms with E-state index in [-0.39, 0.29) is 12.7 Å². The number of fused-ring (bicyclic) bond motifs is 1. The molecule has 3 heteroatoms. The Balaban J connectivity index is 1.92. The summed E-state index contributed by atoms with van der Waals surface area (Å²) < 4.78 is 5.58. The number of rotatable bonds is 5. The number of hydrogen-bond donors (Lipinski definition) is 2. The number of aryl methyl sites for hydroxylation is 1. The molecule has 0 aliphatic heterocycles. The van der Waals surface area contributed by atoms with Crippen molar-refractivity contribution in [3.63, 3.8) is 0 Å². The van der Waals surface area contributed by atoms with Gasteiger partial charge in [-0.3, -0.25) is 0 Å². The third kappa shape index (κ3) is 2.54. The molecule has 0 spiro atoms. The first-order valence-electron chi connectivity index (χ1n) is 5.86. The molecule has 1 aliphatic rings. The van der Waals surface area contributed by atoms with Crippen molar-refractivity contribution in [3.05, 3.63) is 29.3 Å². The Morgan fingerprint density at radius 3 is 3.00 bits per heavy atom. The normalized spacial score (nSPS) is 18.5. The lowest BCUT2D eigenvalue weighted by Crippen LogP contribution is -1.99. The fourth-order valence-electron chi connectivity index (χ4n) is 2.07. The molecule has 2 N–H and O–H groups in total. The van der Waals surface area contributed by atoms with Crippen molar-refractivity contribution in [2.75, 3.05) is 13.2 Å². The van der Waals surface area contributed by atoms with Crippen LogP contribution < -0.4 is 4.74 Å². The van der Waals surface area contributed by atoms with E-state index >= 15 is 0 Å². The SMILES string of the molecule is OCCCCOc1ccc2c(c1)CCC2O. The Bertz CT molecular complexity index is 349. The predicted octanol–water partition coefficient (Wildman–Crippen LogP) is 1.82. The molecule has 1 aromatic carbocycles. The summed E-state index contributed by atoms with van der Waals surface area (Å²) in [6.45, 7) is 0.863. The first-order valence-corrected chi connectivity index (χ1v) is 5.86. The van der Waals surface area contributed by atoms with Crippen molar-refractivity contribution in [3.8, 4) is 5.75 Å². The maximum absolute atomic E-state index is 9.65. The van der Waals surface area contributed by atoms with Gasteiger partial charge in [0.2, 0.25) is 0 Å². The molecule has 0 bridgehead atoms. The Morgan fingerprint density at radius 1 is 1.31 bits per heavy atom. The molecule has 16 heavy (non-hydrogen) atoms. The van der Waals surface area contributed by atoms with E-state index in [1.807, 2.05) is 18.2 Å². The van der Waals surface area contributed by atoms with E-state index in [0.29, 0.717) is 6.61 Å². The van der Waals surface area contributed by atoms with Crippen molar-refractivity contribution in [2.24, 2.45) is 0 Å². The number of aliphatic hydroxyl groups is 2. The van der Waals surface area contributed by atoms with Crippen LogP contribution in [0.5, 0.6) is 5.75 Å². The van der Waals surface area contributed by atoms with E-state index < -0.39 is 0 Å². The van der Waals surface area contributed by atoms with E-state index in [2.05, 4.69) is 0 Å². The van der Waals surface area contributed by atoms with Crippen molar-refractivity contribution in [2.45, 2.75) is 31.8 Å². The number of hydrogen-bond acceptors (Lipinski definition) is 3. The maximum Gasteiger partial charge on any atom is 0.119 e. The first-order chi connectivity index (χ1) is 7.81. The van der Waals surface area contributed by atoms with Crippen LogP contribution in [0.2, 0.25) is 0 Å². The lowest BCUT2D eigenvalue weighted by molar-refractivity contribution is 0.180. The van der Waals surface area contributed by atoms with Gasteiger partial charge in [0, 0.05) is 6.61 Å². The summed E-state index contributed by atoms with van der Waals surface area (Å²) in [5.74, 6) is 0.866. The van der Waals surface area contributed by atoms with Gasteiger partial charge in [-0.2, -0.15) is 0 Å². The molecule has 1 aromatic rings. The van der Waals surface area contributed by atoms with E-state index in [0.717, 1.165) is 37.0 Å². The zero-order valence-electron chi connectivity index (χ0n) is 9.35. The Morgan fingerprint density at radius 2 is 2.19 bits per heavy atom. The summed E-state index contributed by atoms with van der Waals surface area (Å²) in [5.41, 5.74) is 2.25. The van der Waals surface area contributed by atoms with Crippen molar-refractivity contribution in [1.82, 2.24) is 0 Å². The van der Waals surface area contributed by atoms with Gasteiger partial charge in [-0.05, 0) is 48.9 Å². The fourth-order valence-corrected chi connectivity index (χ4v) is 2.07. The average Bonchev–Trinajstić information content (AvgIpc) is 2.66. The van der Waals surface area contributed by atoms with Gasteiger partial charge in [-0.1, -0.05) is 6.07 Å². The Labute approximate surface area is 95.7 Å². The van der Waals surface area contributed by atoms with Crippen LogP contribution in [0.3, 0.4) is 0 Å². The fraction of sp³-hybridized carbons (Fsp3) is 0.538. The van der Waals surface area contributed by atoms with Crippen LogP contribution in [0, 0.1) is 0 Å². The summed E-state index contributed by atoms with van der Waals surface area (Å²) >= 11 is 0. The van der Waals surface area contributed by atoms with Crippen molar-refractivity contribution in [1.29, 1.82) is 0 Å². The lowest BCUT2D eigenvalue weighted by atomic mass is 10.1. The number of aliphatic hydroxyl groups excluding tert-OH is 2. The summed E-state index contributed by atoms with van der Waals surface area (Å²) in [6, 6.07) is 5.88. The maximum atomic E-state index is 9.65. The van der Waals surface area contributed by atoms with E-state index in [4.69, 9.17) is 9.84 Å². The standard InChI is InChI=1S/C13H18O3/c14-7-1-2-8-16-11-4-5-12-10(9-11)3-6-13(12)15/h4-5,9,13-15H,1-3,6-8H2. The molecule has 0 saturated heterocycles. The highest BCUT2D eigenvalue weighted by molar-refractivity contribution is 5.39. The van der Waals surface area contributed by atoms with Crippen LogP contribution in [0.1, 0.15) is 36.5 Å². The van der Waals surface area contributed by atoms with Crippen molar-refractivity contribution < 1.29 is 14.9 Å². The number of unbranched alkanes of at least 4 members (excludes halogenated alkanes) is 1. The minimum absolute atomic E-state index is 0.222. The van der Waals surface area contributed by atoms with E-state index in [1.54, 1.807) is 0 Å². The van der Waals surface area contributed by atoms with Gasteiger partial charge >= 0.3 is 0 Å². The van der Waals surface area contributed by atoms with Gasteiger partial charge in [0.05, 0.1) is 12.7 Å². The van der Waals surface area contributed by atoms with Crippen LogP contribution in [0.25, 0.3) is 0 Å². The molecular weight excluding hydrogens is 204 g/mol. The highest BCUT2D eigenvalue weighted by Gasteiger charge is 2.20. The quantitative estimate of drug-likeness (QED) is 0.747. The second kappa shape index (κ2) is 5.32. The zero-order chi connectivity index (χ0) is 11.4. The van der Waals surface area contributed by atoms with Gasteiger partial charge in [0.15, 0.2) is 0 Å². The topological polar surface area (TPSA) is 49.7 Å². The van der Waals surface area contributed by atoms with Crippen LogP contribution in [-0.2, 0) is 6.42 Å². The molecular formula is C13H18O3. The molecule has 0 heterocycles. The largest absolute Gasteiger partial charge is 0.494 e. The lowest BCUT2D eigenvalue weighted by Gasteiger charge is -2.08.